The van der Waals surface area contributed by atoms with Crippen LogP contribution < -0.4 is 15.0 Å². The highest BCUT2D eigenvalue weighted by Gasteiger charge is 2.58. The van der Waals surface area contributed by atoms with Crippen molar-refractivity contribution >= 4 is 27.4 Å². The number of sulfone groups is 1. The minimum Gasteiger partial charge on any atom is -0.410 e. The average molecular weight is 571 g/mol. The van der Waals surface area contributed by atoms with Crippen LogP contribution in [-0.4, -0.2) is 50.3 Å². The molecule has 4 aromatic rings. The van der Waals surface area contributed by atoms with Crippen LogP contribution in [0.1, 0.15) is 25.5 Å². The minimum atomic E-state index is -3.68. The number of anilines is 2. The quantitative estimate of drug-likeness (QED) is 0.313. The van der Waals surface area contributed by atoms with Crippen LogP contribution in [0, 0.1) is 0 Å². The lowest BCUT2D eigenvalue weighted by atomic mass is 10.1. The lowest BCUT2D eigenvalue weighted by molar-refractivity contribution is 0.0985. The van der Waals surface area contributed by atoms with E-state index < -0.39 is 20.7 Å². The van der Waals surface area contributed by atoms with Gasteiger partial charge in [0.1, 0.15) is 16.3 Å². The molecule has 2 aliphatic rings. The Balaban J connectivity index is 1.33. The van der Waals surface area contributed by atoms with Gasteiger partial charge in [0.25, 0.3) is 0 Å². The van der Waals surface area contributed by atoms with E-state index in [0.29, 0.717) is 66.9 Å². The molecule has 0 radical (unpaired) electrons. The van der Waals surface area contributed by atoms with E-state index in [4.69, 9.17) is 19.4 Å². The summed E-state index contributed by atoms with van der Waals surface area (Å²) in [6.07, 6.45) is 0.378. The molecular weight excluding hydrogens is 540 g/mol. The molecule has 1 aliphatic heterocycles. The molecule has 0 spiro atoms. The van der Waals surface area contributed by atoms with Crippen LogP contribution >= 0.6 is 0 Å². The first-order valence-electron chi connectivity index (χ1n) is 13.5. The zero-order chi connectivity index (χ0) is 28.5. The highest BCUT2D eigenvalue weighted by Crippen LogP contribution is 2.55. The van der Waals surface area contributed by atoms with E-state index in [2.05, 4.69) is 17.1 Å². The van der Waals surface area contributed by atoms with Crippen molar-refractivity contribution in [2.45, 2.75) is 35.4 Å². The number of carbonyl (C=O) groups excluding carboxylic acids is 1. The fourth-order valence-electron chi connectivity index (χ4n) is 5.05. The van der Waals surface area contributed by atoms with Crippen LogP contribution in [-0.2, 0) is 19.3 Å². The summed E-state index contributed by atoms with van der Waals surface area (Å²) in [5, 5.41) is 2.72. The maximum absolute atomic E-state index is 13.8. The van der Waals surface area contributed by atoms with Crippen molar-refractivity contribution in [1.82, 2.24) is 9.97 Å². The number of nitrogens with one attached hydrogen (secondary N) is 1. The molecule has 0 unspecified atom stereocenters. The predicted octanol–water partition coefficient (Wildman–Crippen LogP) is 5.44. The van der Waals surface area contributed by atoms with Gasteiger partial charge in [0.15, 0.2) is 15.7 Å². The summed E-state index contributed by atoms with van der Waals surface area (Å²) in [7, 11) is -3.68. The van der Waals surface area contributed by atoms with E-state index in [0.717, 1.165) is 0 Å². The molecule has 1 N–H and O–H groups in total. The number of amides is 1. The van der Waals surface area contributed by atoms with E-state index in [1.807, 2.05) is 12.1 Å². The monoisotopic (exact) mass is 570 g/mol. The van der Waals surface area contributed by atoms with Crippen molar-refractivity contribution in [3.8, 4) is 17.1 Å². The molecule has 1 saturated heterocycles. The normalized spacial score (nSPS) is 18.0. The number of hydrogen-bond acceptors (Lipinski definition) is 8. The summed E-state index contributed by atoms with van der Waals surface area (Å²) in [4.78, 5) is 24.5. The Morgan fingerprint density at radius 3 is 2.32 bits per heavy atom. The second-order valence-corrected chi connectivity index (χ2v) is 12.5. The third-order valence-electron chi connectivity index (χ3n) is 7.46. The molecule has 10 heteroatoms. The average Bonchev–Trinajstić information content (AvgIpc) is 3.82. The number of rotatable bonds is 7. The van der Waals surface area contributed by atoms with E-state index in [9.17, 15) is 13.2 Å². The zero-order valence-corrected chi connectivity index (χ0v) is 23.4. The maximum atomic E-state index is 13.8. The first-order valence-corrected chi connectivity index (χ1v) is 15.0. The van der Waals surface area contributed by atoms with Crippen LogP contribution in [0.4, 0.5) is 16.3 Å². The smallest absolute Gasteiger partial charge is 0.410 e. The summed E-state index contributed by atoms with van der Waals surface area (Å²) >= 11 is 0. The molecule has 41 heavy (non-hydrogen) atoms. The van der Waals surface area contributed by atoms with Crippen molar-refractivity contribution in [3.05, 3.63) is 96.7 Å². The van der Waals surface area contributed by atoms with Crippen LogP contribution in [0.25, 0.3) is 11.4 Å². The summed E-state index contributed by atoms with van der Waals surface area (Å²) in [6, 6.07) is 26.3. The number of nitrogens with zero attached hydrogens (tertiary/aromatic N) is 3. The van der Waals surface area contributed by atoms with E-state index in [-0.39, 0.29) is 10.9 Å². The van der Waals surface area contributed by atoms with E-state index in [1.54, 1.807) is 78.9 Å². The van der Waals surface area contributed by atoms with Gasteiger partial charge in [0, 0.05) is 23.9 Å². The topological polar surface area (TPSA) is 111 Å². The number of para-hydroxylation sites is 1. The van der Waals surface area contributed by atoms with E-state index >= 15 is 0 Å². The molecule has 1 amide bonds. The third-order valence-corrected chi connectivity index (χ3v) is 10.00. The fourth-order valence-corrected chi connectivity index (χ4v) is 7.04. The molecule has 1 saturated carbocycles. The second-order valence-electron chi connectivity index (χ2n) is 10.3. The lowest BCUT2D eigenvalue weighted by Gasteiger charge is -2.34. The maximum Gasteiger partial charge on any atom is 0.417 e. The number of hydrogen-bond donors (Lipinski definition) is 1. The van der Waals surface area contributed by atoms with Gasteiger partial charge in [-0.05, 0) is 68.3 Å². The molecule has 1 atom stereocenters. The molecule has 210 valence electrons. The van der Waals surface area contributed by atoms with Crippen molar-refractivity contribution in [1.29, 1.82) is 0 Å². The van der Waals surface area contributed by atoms with Gasteiger partial charge in [0.2, 0.25) is 0 Å². The summed E-state index contributed by atoms with van der Waals surface area (Å²) in [5.41, 5.74) is 1.73. The number of ether oxygens (including phenoxy) is 2. The highest BCUT2D eigenvalue weighted by molar-refractivity contribution is 7.92. The van der Waals surface area contributed by atoms with Gasteiger partial charge in [-0.15, -0.1) is 0 Å². The predicted molar refractivity (Wildman–Crippen MR) is 156 cm³/mol. The van der Waals surface area contributed by atoms with Gasteiger partial charge < -0.3 is 14.4 Å². The Hall–Kier alpha value is -4.28. The molecule has 9 nitrogen and oxygen atoms in total. The summed E-state index contributed by atoms with van der Waals surface area (Å²) in [6.45, 7) is 3.82. The first kappa shape index (κ1) is 26.9. The zero-order valence-electron chi connectivity index (χ0n) is 22.6. The van der Waals surface area contributed by atoms with Gasteiger partial charge in [-0.1, -0.05) is 36.4 Å². The molecule has 2 fully saturated rings. The van der Waals surface area contributed by atoms with Gasteiger partial charge >= 0.3 is 6.09 Å². The van der Waals surface area contributed by atoms with Gasteiger partial charge in [0.05, 0.1) is 29.8 Å². The van der Waals surface area contributed by atoms with E-state index in [1.165, 1.54) is 0 Å². The van der Waals surface area contributed by atoms with Crippen molar-refractivity contribution in [2.75, 3.05) is 30.0 Å². The Bertz CT molecular complexity index is 1640. The number of aromatic nitrogens is 2. The van der Waals surface area contributed by atoms with Crippen LogP contribution in [0.2, 0.25) is 0 Å². The Labute approximate surface area is 239 Å². The molecular formula is C31H30N4O5S. The highest BCUT2D eigenvalue weighted by atomic mass is 32.2. The molecule has 3 aromatic carbocycles. The van der Waals surface area contributed by atoms with Gasteiger partial charge in [-0.2, -0.15) is 0 Å². The number of carbonyl (C=O) groups is 1. The minimum absolute atomic E-state index is 0.0717. The third kappa shape index (κ3) is 5.40. The lowest BCUT2D eigenvalue weighted by Crippen LogP contribution is -2.44. The molecule has 0 bridgehead atoms. The second kappa shape index (κ2) is 10.9. The standard InChI is InChI=1S/C31H30N4O5S/c1-22-21-39-19-18-35(22)28-20-27(31(16-17-31)41(37,38)26-10-6-3-7-11-26)33-29(34-28)23-12-14-24(15-13-23)32-30(36)40-25-8-4-2-5-9-25/h2-15,20,22H,16-19,21H2,1H3,(H,32,36)/t22-/m0/s1. The first-order chi connectivity index (χ1) is 19.9. The summed E-state index contributed by atoms with van der Waals surface area (Å²) in [5.74, 6) is 1.53. The van der Waals surface area contributed by atoms with Gasteiger partial charge in [-0.25, -0.2) is 23.2 Å². The molecule has 1 aliphatic carbocycles. The van der Waals surface area contributed by atoms with Gasteiger partial charge in [-0.3, -0.25) is 5.32 Å². The van der Waals surface area contributed by atoms with Crippen molar-refractivity contribution in [3.63, 3.8) is 0 Å². The Morgan fingerprint density at radius 1 is 0.976 bits per heavy atom. The Kier molecular flexibility index (Phi) is 7.19. The SMILES string of the molecule is C[C@H]1COCCN1c1cc(C2(S(=O)(=O)c3ccccc3)CC2)nc(-c2ccc(NC(=O)Oc3ccccc3)cc2)n1. The number of benzene rings is 3. The molecule has 1 aromatic heterocycles. The van der Waals surface area contributed by atoms with Crippen LogP contribution in [0.15, 0.2) is 95.9 Å². The number of morpholine rings is 1. The molecule has 2 heterocycles. The fraction of sp³-hybridized carbons (Fsp3) is 0.258. The largest absolute Gasteiger partial charge is 0.417 e. The van der Waals surface area contributed by atoms with Crippen molar-refractivity contribution < 1.29 is 22.7 Å². The van der Waals surface area contributed by atoms with Crippen LogP contribution in [0.5, 0.6) is 5.75 Å². The van der Waals surface area contributed by atoms with Crippen LogP contribution in [0.3, 0.4) is 0 Å². The summed E-state index contributed by atoms with van der Waals surface area (Å²) < 4.78 is 37.5. The Morgan fingerprint density at radius 2 is 1.66 bits per heavy atom. The van der Waals surface area contributed by atoms with Crippen molar-refractivity contribution in [2.24, 2.45) is 0 Å². The molecule has 6 rings (SSSR count).